The van der Waals surface area contributed by atoms with E-state index >= 15 is 0 Å². The minimum atomic E-state index is -0.349. The Bertz CT molecular complexity index is 1330. The van der Waals surface area contributed by atoms with E-state index in [1.807, 2.05) is 53.8 Å². The summed E-state index contributed by atoms with van der Waals surface area (Å²) in [5, 5.41) is 8.55. The zero-order chi connectivity index (χ0) is 23.7. The number of rotatable bonds is 5. The first-order chi connectivity index (χ1) is 16.5. The van der Waals surface area contributed by atoms with Crippen molar-refractivity contribution in [1.82, 2.24) is 24.8 Å². The number of hydrogen-bond acceptors (Lipinski definition) is 5. The summed E-state index contributed by atoms with van der Waals surface area (Å²) >= 11 is 0. The van der Waals surface area contributed by atoms with Crippen LogP contribution in [-0.4, -0.2) is 43.8 Å². The SMILES string of the molecule is Cc1cc(C)n(Cc2cccc(C(=O)N3CCCC(c4nc(-c5cccc(F)c5)no4)C3)c2)n1. The Kier molecular flexibility index (Phi) is 5.96. The van der Waals surface area contributed by atoms with Crippen LogP contribution in [0.25, 0.3) is 11.4 Å². The third-order valence-electron chi connectivity index (χ3n) is 6.19. The summed E-state index contributed by atoms with van der Waals surface area (Å²) in [6, 6.07) is 15.9. The summed E-state index contributed by atoms with van der Waals surface area (Å²) in [7, 11) is 0. The molecule has 1 unspecified atom stereocenters. The number of hydrogen-bond donors (Lipinski definition) is 0. The van der Waals surface area contributed by atoms with Gasteiger partial charge in [-0.1, -0.05) is 29.4 Å². The van der Waals surface area contributed by atoms with Gasteiger partial charge >= 0.3 is 0 Å². The van der Waals surface area contributed by atoms with Crippen LogP contribution in [0.3, 0.4) is 0 Å². The van der Waals surface area contributed by atoms with E-state index in [0.29, 0.717) is 42.5 Å². The normalized spacial score (nSPS) is 16.1. The minimum Gasteiger partial charge on any atom is -0.339 e. The maximum absolute atomic E-state index is 13.6. The maximum Gasteiger partial charge on any atom is 0.253 e. The number of piperidine rings is 1. The predicted octanol–water partition coefficient (Wildman–Crippen LogP) is 4.76. The van der Waals surface area contributed by atoms with Crippen LogP contribution in [0.5, 0.6) is 0 Å². The lowest BCUT2D eigenvalue weighted by Gasteiger charge is -2.31. The van der Waals surface area contributed by atoms with E-state index in [1.54, 1.807) is 12.1 Å². The largest absolute Gasteiger partial charge is 0.339 e. The monoisotopic (exact) mass is 459 g/mol. The smallest absolute Gasteiger partial charge is 0.253 e. The number of aryl methyl sites for hydroxylation is 2. The predicted molar refractivity (Wildman–Crippen MR) is 125 cm³/mol. The third kappa shape index (κ3) is 4.62. The molecule has 1 aliphatic rings. The van der Waals surface area contributed by atoms with Crippen LogP contribution < -0.4 is 0 Å². The van der Waals surface area contributed by atoms with Gasteiger partial charge in [0.1, 0.15) is 5.82 Å². The van der Waals surface area contributed by atoms with E-state index < -0.39 is 0 Å². The fourth-order valence-electron chi connectivity index (χ4n) is 4.50. The fraction of sp³-hybridized carbons (Fsp3) is 0.308. The second-order valence-corrected chi connectivity index (χ2v) is 8.84. The summed E-state index contributed by atoms with van der Waals surface area (Å²) in [6.45, 7) is 5.81. The topological polar surface area (TPSA) is 77.0 Å². The van der Waals surface area contributed by atoms with Gasteiger partial charge in [0, 0.05) is 29.9 Å². The highest BCUT2D eigenvalue weighted by Crippen LogP contribution is 2.28. The molecule has 1 atom stereocenters. The molecule has 4 aromatic rings. The van der Waals surface area contributed by atoms with Gasteiger partial charge in [0.25, 0.3) is 5.91 Å². The number of amides is 1. The molecule has 0 N–H and O–H groups in total. The Labute approximate surface area is 197 Å². The molecule has 1 saturated heterocycles. The summed E-state index contributed by atoms with van der Waals surface area (Å²) < 4.78 is 21.0. The number of carbonyl (C=O) groups excluding carboxylic acids is 1. The Morgan fingerprint density at radius 2 is 2.00 bits per heavy atom. The lowest BCUT2D eigenvalue weighted by Crippen LogP contribution is -2.39. The second kappa shape index (κ2) is 9.21. The fourth-order valence-corrected chi connectivity index (χ4v) is 4.50. The van der Waals surface area contributed by atoms with E-state index in [9.17, 15) is 9.18 Å². The molecule has 0 bridgehead atoms. The second-order valence-electron chi connectivity index (χ2n) is 8.84. The van der Waals surface area contributed by atoms with Crippen molar-refractivity contribution in [3.05, 3.63) is 88.8 Å². The van der Waals surface area contributed by atoms with Crippen molar-refractivity contribution in [2.24, 2.45) is 0 Å². The van der Waals surface area contributed by atoms with Gasteiger partial charge in [-0.2, -0.15) is 10.1 Å². The molecular formula is C26H26FN5O2. The first kappa shape index (κ1) is 22.0. The van der Waals surface area contributed by atoms with Crippen LogP contribution in [-0.2, 0) is 6.54 Å². The first-order valence-corrected chi connectivity index (χ1v) is 11.4. The lowest BCUT2D eigenvalue weighted by atomic mass is 9.97. The van der Waals surface area contributed by atoms with Crippen LogP contribution >= 0.6 is 0 Å². The number of likely N-dealkylation sites (tertiary alicyclic amines) is 1. The van der Waals surface area contributed by atoms with Crippen molar-refractivity contribution in [1.29, 1.82) is 0 Å². The Balaban J connectivity index is 1.30. The Hall–Kier alpha value is -3.81. The average molecular weight is 460 g/mol. The highest BCUT2D eigenvalue weighted by atomic mass is 19.1. The summed E-state index contributed by atoms with van der Waals surface area (Å²) in [4.78, 5) is 19.7. The van der Waals surface area contributed by atoms with Crippen molar-refractivity contribution in [3.63, 3.8) is 0 Å². The van der Waals surface area contributed by atoms with Crippen molar-refractivity contribution >= 4 is 5.91 Å². The number of carbonyl (C=O) groups is 1. The van der Waals surface area contributed by atoms with Gasteiger partial charge in [-0.05, 0) is 62.6 Å². The number of halogens is 1. The number of benzene rings is 2. The van der Waals surface area contributed by atoms with Crippen molar-refractivity contribution in [2.75, 3.05) is 13.1 Å². The molecule has 0 saturated carbocycles. The molecule has 1 aliphatic heterocycles. The molecule has 1 amide bonds. The highest BCUT2D eigenvalue weighted by molar-refractivity contribution is 5.94. The minimum absolute atomic E-state index is 0.00946. The van der Waals surface area contributed by atoms with E-state index in [0.717, 1.165) is 29.8 Å². The molecule has 0 aliphatic carbocycles. The van der Waals surface area contributed by atoms with Crippen LogP contribution in [0.15, 0.2) is 59.1 Å². The molecule has 2 aromatic heterocycles. The van der Waals surface area contributed by atoms with Crippen molar-refractivity contribution < 1.29 is 13.7 Å². The third-order valence-corrected chi connectivity index (χ3v) is 6.19. The van der Waals surface area contributed by atoms with Crippen LogP contribution in [0.1, 0.15) is 52.0 Å². The van der Waals surface area contributed by atoms with Gasteiger partial charge in [0.15, 0.2) is 0 Å². The zero-order valence-corrected chi connectivity index (χ0v) is 19.2. The van der Waals surface area contributed by atoms with E-state index in [1.165, 1.54) is 12.1 Å². The van der Waals surface area contributed by atoms with Gasteiger partial charge < -0.3 is 9.42 Å². The zero-order valence-electron chi connectivity index (χ0n) is 19.2. The van der Waals surface area contributed by atoms with Gasteiger partial charge in [-0.25, -0.2) is 4.39 Å². The molecule has 5 rings (SSSR count). The standard InChI is InChI=1S/C26H26FN5O2/c1-17-12-18(2)32(29-17)15-19-6-3-8-21(13-19)26(33)31-11-5-9-22(16-31)25-28-24(30-34-25)20-7-4-10-23(27)14-20/h3-4,6-8,10,12-14,22H,5,9,11,15-16H2,1-2H3. The average Bonchev–Trinajstić information content (AvgIpc) is 3.45. The van der Waals surface area contributed by atoms with Gasteiger partial charge in [0.05, 0.1) is 18.2 Å². The van der Waals surface area contributed by atoms with E-state index in [4.69, 9.17) is 4.52 Å². The number of nitrogens with zero attached hydrogens (tertiary/aromatic N) is 5. The molecule has 34 heavy (non-hydrogen) atoms. The van der Waals surface area contributed by atoms with Gasteiger partial charge in [-0.3, -0.25) is 9.48 Å². The number of aromatic nitrogens is 4. The van der Waals surface area contributed by atoms with Crippen LogP contribution in [0, 0.1) is 19.7 Å². The summed E-state index contributed by atoms with van der Waals surface area (Å²) in [5.41, 5.74) is 4.32. The molecular weight excluding hydrogens is 433 g/mol. The molecule has 3 heterocycles. The summed E-state index contributed by atoms with van der Waals surface area (Å²) in [6.07, 6.45) is 1.70. The Morgan fingerprint density at radius 1 is 1.15 bits per heavy atom. The van der Waals surface area contributed by atoms with E-state index in [-0.39, 0.29) is 17.6 Å². The van der Waals surface area contributed by atoms with Crippen molar-refractivity contribution in [3.8, 4) is 11.4 Å². The quantitative estimate of drug-likeness (QED) is 0.430. The Morgan fingerprint density at radius 3 is 2.79 bits per heavy atom. The van der Waals surface area contributed by atoms with E-state index in [2.05, 4.69) is 15.2 Å². The molecule has 0 radical (unpaired) electrons. The molecule has 0 spiro atoms. The molecule has 7 nitrogen and oxygen atoms in total. The van der Waals surface area contributed by atoms with Crippen LogP contribution in [0.2, 0.25) is 0 Å². The molecule has 2 aromatic carbocycles. The first-order valence-electron chi connectivity index (χ1n) is 11.4. The lowest BCUT2D eigenvalue weighted by molar-refractivity contribution is 0.0695. The molecule has 8 heteroatoms. The highest BCUT2D eigenvalue weighted by Gasteiger charge is 2.29. The van der Waals surface area contributed by atoms with Gasteiger partial charge in [-0.15, -0.1) is 0 Å². The van der Waals surface area contributed by atoms with Crippen molar-refractivity contribution in [2.45, 2.75) is 39.2 Å². The molecule has 174 valence electrons. The molecule has 1 fully saturated rings. The van der Waals surface area contributed by atoms with Gasteiger partial charge in [0.2, 0.25) is 11.7 Å². The maximum atomic E-state index is 13.6. The van der Waals surface area contributed by atoms with Crippen LogP contribution in [0.4, 0.5) is 4.39 Å². The summed E-state index contributed by atoms with van der Waals surface area (Å²) in [5.74, 6) is 0.429.